The summed E-state index contributed by atoms with van der Waals surface area (Å²) in [6.07, 6.45) is 0. The Kier molecular flexibility index (Phi) is 4.32. The van der Waals surface area contributed by atoms with Crippen LogP contribution in [0, 0.1) is 6.92 Å². The van der Waals surface area contributed by atoms with Gasteiger partial charge in [-0.15, -0.1) is 0 Å². The number of pyridine rings is 1. The third-order valence-electron chi connectivity index (χ3n) is 2.70. The normalized spacial score (nSPS) is 10.3. The fourth-order valence-corrected chi connectivity index (χ4v) is 2.19. The number of nitrogens with zero attached hydrogens (tertiary/aromatic N) is 1. The first kappa shape index (κ1) is 13.7. The van der Waals surface area contributed by atoms with Crippen LogP contribution in [0.15, 0.2) is 40.9 Å². The molecule has 1 heterocycles. The molecule has 0 spiro atoms. The molecule has 4 heteroatoms. The topological polar surface area (TPSA) is 39.2 Å². The molecule has 19 heavy (non-hydrogen) atoms. The lowest BCUT2D eigenvalue weighted by Gasteiger charge is -2.07. The summed E-state index contributed by atoms with van der Waals surface area (Å²) in [5, 5.41) is 0. The maximum absolute atomic E-state index is 11.7. The van der Waals surface area contributed by atoms with Crippen LogP contribution in [-0.2, 0) is 4.74 Å². The fourth-order valence-electron chi connectivity index (χ4n) is 1.79. The molecule has 0 N–H and O–H groups in total. The highest BCUT2D eigenvalue weighted by Crippen LogP contribution is 2.22. The molecule has 1 aromatic carbocycles. The van der Waals surface area contributed by atoms with Gasteiger partial charge in [-0.2, -0.15) is 0 Å². The second-order valence-corrected chi connectivity index (χ2v) is 4.98. The van der Waals surface area contributed by atoms with Gasteiger partial charge in [-0.05, 0) is 38.1 Å². The van der Waals surface area contributed by atoms with Crippen molar-refractivity contribution >= 4 is 21.9 Å². The average Bonchev–Trinajstić information content (AvgIpc) is 2.38. The van der Waals surface area contributed by atoms with Gasteiger partial charge in [0.15, 0.2) is 0 Å². The lowest BCUT2D eigenvalue weighted by Crippen LogP contribution is -2.08. The van der Waals surface area contributed by atoms with E-state index in [0.29, 0.717) is 17.9 Å². The van der Waals surface area contributed by atoms with Gasteiger partial charge in [0.25, 0.3) is 0 Å². The third kappa shape index (κ3) is 3.20. The lowest BCUT2D eigenvalue weighted by atomic mass is 10.1. The molecular formula is C15H14BrNO2. The first-order chi connectivity index (χ1) is 9.11. The molecule has 0 radical (unpaired) electrons. The molecule has 0 amide bonds. The minimum Gasteiger partial charge on any atom is -0.462 e. The minimum absolute atomic E-state index is 0.326. The van der Waals surface area contributed by atoms with Crippen LogP contribution in [0.2, 0.25) is 0 Å². The Morgan fingerprint density at radius 2 is 2.11 bits per heavy atom. The highest BCUT2D eigenvalue weighted by molar-refractivity contribution is 9.10. The number of hydrogen-bond donors (Lipinski definition) is 0. The van der Waals surface area contributed by atoms with Crippen molar-refractivity contribution in [2.45, 2.75) is 13.8 Å². The quantitative estimate of drug-likeness (QED) is 0.803. The van der Waals surface area contributed by atoms with E-state index in [9.17, 15) is 4.79 Å². The van der Waals surface area contributed by atoms with Crippen molar-refractivity contribution in [3.63, 3.8) is 0 Å². The van der Waals surface area contributed by atoms with Crippen molar-refractivity contribution in [3.8, 4) is 11.3 Å². The largest absolute Gasteiger partial charge is 0.462 e. The van der Waals surface area contributed by atoms with E-state index >= 15 is 0 Å². The number of carbonyl (C=O) groups excluding carboxylic acids is 1. The fraction of sp³-hybridized carbons (Fsp3) is 0.200. The second-order valence-electron chi connectivity index (χ2n) is 4.06. The van der Waals surface area contributed by atoms with Gasteiger partial charge in [-0.1, -0.05) is 28.1 Å². The monoisotopic (exact) mass is 319 g/mol. The number of hydrogen-bond acceptors (Lipinski definition) is 3. The lowest BCUT2D eigenvalue weighted by molar-refractivity contribution is 0.0525. The molecule has 2 aromatic rings. The predicted molar refractivity (Wildman–Crippen MR) is 78.1 cm³/mol. The Balaban J connectivity index is 2.36. The number of carbonyl (C=O) groups is 1. The van der Waals surface area contributed by atoms with Crippen LogP contribution in [0.3, 0.4) is 0 Å². The highest BCUT2D eigenvalue weighted by Gasteiger charge is 2.12. The number of benzene rings is 1. The van der Waals surface area contributed by atoms with Crippen LogP contribution in [0.4, 0.5) is 0 Å². The summed E-state index contributed by atoms with van der Waals surface area (Å²) in [5.74, 6) is -0.326. The van der Waals surface area contributed by atoms with Crippen LogP contribution in [0.5, 0.6) is 0 Å². The smallest absolute Gasteiger partial charge is 0.339 e. The Morgan fingerprint density at radius 3 is 2.74 bits per heavy atom. The van der Waals surface area contributed by atoms with Crippen molar-refractivity contribution in [3.05, 3.63) is 52.1 Å². The molecule has 0 bridgehead atoms. The van der Waals surface area contributed by atoms with Gasteiger partial charge in [0, 0.05) is 10.0 Å². The van der Waals surface area contributed by atoms with Crippen molar-refractivity contribution in [2.75, 3.05) is 6.61 Å². The number of rotatable bonds is 3. The molecule has 3 nitrogen and oxygen atoms in total. The maximum atomic E-state index is 11.7. The summed E-state index contributed by atoms with van der Waals surface area (Å²) < 4.78 is 5.99. The molecule has 0 fully saturated rings. The first-order valence-corrected chi connectivity index (χ1v) is 6.82. The molecule has 98 valence electrons. The Hall–Kier alpha value is -1.68. The molecule has 0 saturated heterocycles. The summed E-state index contributed by atoms with van der Waals surface area (Å²) in [7, 11) is 0. The number of ether oxygens (including phenoxy) is 1. The van der Waals surface area contributed by atoms with Crippen molar-refractivity contribution in [2.24, 2.45) is 0 Å². The Bertz CT molecular complexity index is 611. The minimum atomic E-state index is -0.326. The van der Waals surface area contributed by atoms with Gasteiger partial charge in [-0.25, -0.2) is 4.79 Å². The number of halogens is 1. The third-order valence-corrected chi connectivity index (χ3v) is 3.19. The van der Waals surface area contributed by atoms with Gasteiger partial charge < -0.3 is 4.74 Å². The van der Waals surface area contributed by atoms with Crippen LogP contribution < -0.4 is 0 Å². The molecule has 0 aliphatic rings. The second kappa shape index (κ2) is 5.97. The zero-order chi connectivity index (χ0) is 13.8. The SMILES string of the molecule is CCOC(=O)c1ccc(-c2cccc(Br)c2)nc1C. The van der Waals surface area contributed by atoms with E-state index in [1.807, 2.05) is 37.3 Å². The standard InChI is InChI=1S/C15H14BrNO2/c1-3-19-15(18)13-7-8-14(17-10(13)2)11-5-4-6-12(16)9-11/h4-9H,3H2,1-2H3. The zero-order valence-electron chi connectivity index (χ0n) is 10.8. The van der Waals surface area contributed by atoms with Gasteiger partial charge in [0.1, 0.15) is 0 Å². The summed E-state index contributed by atoms with van der Waals surface area (Å²) in [6.45, 7) is 3.97. The van der Waals surface area contributed by atoms with Gasteiger partial charge in [0.2, 0.25) is 0 Å². The molecule has 2 rings (SSSR count). The van der Waals surface area contributed by atoms with Crippen molar-refractivity contribution < 1.29 is 9.53 Å². The molecular weight excluding hydrogens is 306 g/mol. The van der Waals surface area contributed by atoms with Crippen LogP contribution in [0.25, 0.3) is 11.3 Å². The highest BCUT2D eigenvalue weighted by atomic mass is 79.9. The first-order valence-electron chi connectivity index (χ1n) is 6.02. The van der Waals surface area contributed by atoms with Crippen LogP contribution in [-0.4, -0.2) is 17.6 Å². The Labute approximate surface area is 120 Å². The van der Waals surface area contributed by atoms with Gasteiger partial charge in [-0.3, -0.25) is 4.98 Å². The average molecular weight is 320 g/mol. The van der Waals surface area contributed by atoms with E-state index in [1.165, 1.54) is 0 Å². The maximum Gasteiger partial charge on any atom is 0.339 e. The summed E-state index contributed by atoms with van der Waals surface area (Å²) >= 11 is 3.43. The van der Waals surface area contributed by atoms with E-state index in [0.717, 1.165) is 15.7 Å². The summed E-state index contributed by atoms with van der Waals surface area (Å²) in [4.78, 5) is 16.2. The van der Waals surface area contributed by atoms with E-state index in [4.69, 9.17) is 4.74 Å². The van der Waals surface area contributed by atoms with Crippen molar-refractivity contribution in [1.29, 1.82) is 0 Å². The predicted octanol–water partition coefficient (Wildman–Crippen LogP) is 4.00. The molecule has 0 aliphatic heterocycles. The van der Waals surface area contributed by atoms with Crippen molar-refractivity contribution in [1.82, 2.24) is 4.98 Å². The van der Waals surface area contributed by atoms with Crippen LogP contribution in [0.1, 0.15) is 23.0 Å². The van der Waals surface area contributed by atoms with E-state index in [2.05, 4.69) is 20.9 Å². The molecule has 0 aliphatic carbocycles. The van der Waals surface area contributed by atoms with E-state index < -0.39 is 0 Å². The van der Waals surface area contributed by atoms with E-state index in [1.54, 1.807) is 13.0 Å². The molecule has 1 aromatic heterocycles. The van der Waals surface area contributed by atoms with Crippen LogP contribution >= 0.6 is 15.9 Å². The molecule has 0 atom stereocenters. The number of aryl methyl sites for hydroxylation is 1. The number of esters is 1. The van der Waals surface area contributed by atoms with Gasteiger partial charge >= 0.3 is 5.97 Å². The number of aromatic nitrogens is 1. The molecule has 0 unspecified atom stereocenters. The summed E-state index contributed by atoms with van der Waals surface area (Å²) in [5.41, 5.74) is 3.04. The molecule has 0 saturated carbocycles. The summed E-state index contributed by atoms with van der Waals surface area (Å²) in [6, 6.07) is 11.5. The zero-order valence-corrected chi connectivity index (χ0v) is 12.4. The Morgan fingerprint density at radius 1 is 1.32 bits per heavy atom. The van der Waals surface area contributed by atoms with Gasteiger partial charge in [0.05, 0.1) is 23.6 Å². The van der Waals surface area contributed by atoms with E-state index in [-0.39, 0.29) is 5.97 Å².